The highest BCUT2D eigenvalue weighted by molar-refractivity contribution is 8.02. The molecule has 0 fully saturated rings. The van der Waals surface area contributed by atoms with Gasteiger partial charge in [0.1, 0.15) is 0 Å². The molecule has 0 heterocycles. The summed E-state index contributed by atoms with van der Waals surface area (Å²) >= 11 is -1.25. The van der Waals surface area contributed by atoms with Gasteiger partial charge in [0, 0.05) is 42.7 Å². The molecule has 2 aromatic rings. The van der Waals surface area contributed by atoms with Crippen LogP contribution in [0.15, 0.2) is 97.1 Å². The molecule has 10 atom stereocenters. The van der Waals surface area contributed by atoms with Crippen LogP contribution in [-0.2, 0) is 28.4 Å². The summed E-state index contributed by atoms with van der Waals surface area (Å²) in [7, 11) is 2.29. The van der Waals surface area contributed by atoms with Crippen molar-refractivity contribution in [2.75, 3.05) is 42.7 Å². The third kappa shape index (κ3) is 5.88. The first-order chi connectivity index (χ1) is 24.6. The van der Waals surface area contributed by atoms with Crippen molar-refractivity contribution in [1.82, 2.24) is 0 Å². The molecule has 0 spiro atoms. The Morgan fingerprint density at radius 1 is 0.453 bits per heavy atom. The van der Waals surface area contributed by atoms with Crippen LogP contribution in [0.1, 0.15) is 11.1 Å². The normalized spacial score (nSPS) is 39.7. The van der Waals surface area contributed by atoms with Gasteiger partial charge in [0.15, 0.2) is 0 Å². The number of hydrogen-bond acceptors (Lipinski definition) is 7. The van der Waals surface area contributed by atoms with Crippen LogP contribution in [0, 0.1) is 0 Å². The van der Waals surface area contributed by atoms with E-state index in [1.165, 1.54) is 60.7 Å². The Kier molecular flexibility index (Phi) is 11.6. The van der Waals surface area contributed by atoms with E-state index in [0.717, 1.165) is 0 Å². The third-order valence-corrected chi connectivity index (χ3v) is 10.7. The molecular weight excluding hydrogens is 750 g/mol. The van der Waals surface area contributed by atoms with Crippen molar-refractivity contribution < 1.29 is 72.3 Å². The fourth-order valence-electron chi connectivity index (χ4n) is 6.15. The highest BCUT2D eigenvalue weighted by Gasteiger charge is 2.88. The average Bonchev–Trinajstić information content (AvgIpc) is 3.18. The molecule has 2 aliphatic carbocycles. The van der Waals surface area contributed by atoms with Crippen LogP contribution in [0.25, 0.3) is 12.2 Å². The van der Waals surface area contributed by atoms with Crippen molar-refractivity contribution in [1.29, 1.82) is 0 Å². The molecular formula is C36H36F10O6S. The number of hydrogen-bond donors (Lipinski definition) is 0. The van der Waals surface area contributed by atoms with Crippen LogP contribution < -0.4 is 0 Å². The summed E-state index contributed by atoms with van der Waals surface area (Å²) in [5, 5.41) is -9.24. The first-order valence-electron chi connectivity index (χ1n) is 15.4. The van der Waals surface area contributed by atoms with Crippen molar-refractivity contribution in [2.45, 2.75) is 56.5 Å². The van der Waals surface area contributed by atoms with Gasteiger partial charge in [-0.3, -0.25) is 0 Å². The largest absolute Gasteiger partial charge is 0.342 e. The lowest BCUT2D eigenvalue weighted by atomic mass is 9.76. The van der Waals surface area contributed by atoms with E-state index in [-0.39, 0.29) is 61.8 Å². The summed E-state index contributed by atoms with van der Waals surface area (Å²) in [6.45, 7) is 0. The Hall–Kier alpha value is -3.19. The Morgan fingerprint density at radius 2 is 0.755 bits per heavy atom. The second-order valence-electron chi connectivity index (χ2n) is 11.9. The molecule has 0 saturated heterocycles. The zero-order valence-corrected chi connectivity index (χ0v) is 29.8. The van der Waals surface area contributed by atoms with Crippen LogP contribution in [0.4, 0.5) is 43.9 Å². The lowest BCUT2D eigenvalue weighted by molar-refractivity contribution is -0.423. The monoisotopic (exact) mass is 786 g/mol. The van der Waals surface area contributed by atoms with Crippen LogP contribution in [-0.4, -0.2) is 99.1 Å². The molecule has 292 valence electrons. The van der Waals surface area contributed by atoms with Crippen molar-refractivity contribution >= 4 is 23.9 Å². The minimum atomic E-state index is -5.01. The molecule has 4 rings (SSSR count). The van der Waals surface area contributed by atoms with E-state index in [9.17, 15) is 0 Å². The predicted molar refractivity (Wildman–Crippen MR) is 177 cm³/mol. The number of methoxy groups -OCH3 is 6. The maximum Gasteiger partial charge on any atom is 0.335 e. The molecule has 53 heavy (non-hydrogen) atoms. The Balaban J connectivity index is 2.14. The topological polar surface area (TPSA) is 55.4 Å². The van der Waals surface area contributed by atoms with Gasteiger partial charge in [0.05, 0.1) is 0 Å². The molecule has 0 amide bonds. The van der Waals surface area contributed by atoms with Gasteiger partial charge >= 0.3 is 23.4 Å². The molecule has 0 saturated carbocycles. The summed E-state index contributed by atoms with van der Waals surface area (Å²) in [6.07, 6.45) is 0.817. The zero-order chi connectivity index (χ0) is 39.8. The summed E-state index contributed by atoms with van der Waals surface area (Å²) in [5.41, 5.74) is -9.67. The van der Waals surface area contributed by atoms with Crippen molar-refractivity contribution in [3.8, 4) is 0 Å². The molecule has 0 radical (unpaired) electrons. The number of ether oxygens (including phenoxy) is 6. The predicted octanol–water partition coefficient (Wildman–Crippen LogP) is 8.91. The van der Waals surface area contributed by atoms with Crippen molar-refractivity contribution in [3.63, 3.8) is 0 Å². The molecule has 17 heteroatoms. The zero-order valence-electron chi connectivity index (χ0n) is 29.0. The van der Waals surface area contributed by atoms with Crippen molar-refractivity contribution in [3.05, 3.63) is 108 Å². The maximum atomic E-state index is 18.2. The fraction of sp³-hybridized carbons (Fsp3) is 0.444. The van der Waals surface area contributed by atoms with Crippen LogP contribution in [0.3, 0.4) is 0 Å². The molecule has 0 bridgehead atoms. The standard InChI is InChI=1S/C36H36F10O6S/c1-47-29(39)23-21-27(37,33(43,49-3)35(29,45)51-5)31(41,19-17-25-13-9-7-10-14-25)53-32(42,20-18-26-15-11-8-12-16-26)28(38)22-24-30(40,48-2)36(46,52-6)34(28,44)50-4/h7-24H,1-6H3/b19-17-,20-18-. The minimum absolute atomic E-state index is 0.00776. The first kappa shape index (κ1) is 42.6. The summed E-state index contributed by atoms with van der Waals surface area (Å²) in [5.74, 6) is -27.6. The highest BCUT2D eigenvalue weighted by atomic mass is 32.2. The molecule has 10 unspecified atom stereocenters. The van der Waals surface area contributed by atoms with Crippen molar-refractivity contribution in [2.24, 2.45) is 0 Å². The maximum absolute atomic E-state index is 18.2. The molecule has 0 N–H and O–H groups in total. The second-order valence-corrected chi connectivity index (χ2v) is 13.3. The van der Waals surface area contributed by atoms with Gasteiger partial charge in [-0.15, -0.1) is 0 Å². The van der Waals surface area contributed by atoms with Gasteiger partial charge in [0.2, 0.25) is 21.3 Å². The molecule has 6 nitrogen and oxygen atoms in total. The average molecular weight is 787 g/mol. The molecule has 2 aliphatic rings. The SMILES string of the molecule is COC1(F)C=CC(F)(C(F)(/C=C\c2ccccc2)SC(F)(/C=C\c2ccccc2)C2(F)C=CC(F)(OC)C(F)(OC)C2(F)OC)C(F)(OC)C1(F)OC. The lowest BCUT2D eigenvalue weighted by Gasteiger charge is -2.56. The van der Waals surface area contributed by atoms with E-state index in [1.807, 2.05) is 0 Å². The number of thioether (sulfide) groups is 1. The van der Waals surface area contributed by atoms with Gasteiger partial charge in [-0.2, -0.15) is 8.78 Å². The van der Waals surface area contributed by atoms with E-state index in [1.54, 1.807) is 0 Å². The molecule has 0 aliphatic heterocycles. The van der Waals surface area contributed by atoms with Gasteiger partial charge in [0.25, 0.3) is 11.7 Å². The van der Waals surface area contributed by atoms with Crippen LogP contribution in [0.5, 0.6) is 0 Å². The van der Waals surface area contributed by atoms with E-state index in [0.29, 0.717) is 40.6 Å². The number of alkyl halides is 10. The molecule has 2 aromatic carbocycles. The van der Waals surface area contributed by atoms with Crippen LogP contribution >= 0.6 is 11.8 Å². The Labute approximate surface area is 303 Å². The van der Waals surface area contributed by atoms with Gasteiger partial charge < -0.3 is 28.4 Å². The molecule has 0 aromatic heterocycles. The first-order valence-corrected chi connectivity index (χ1v) is 16.3. The van der Waals surface area contributed by atoms with E-state index in [4.69, 9.17) is 0 Å². The summed E-state index contributed by atoms with van der Waals surface area (Å²) in [4.78, 5) is 0. The van der Waals surface area contributed by atoms with Gasteiger partial charge in [-0.25, -0.2) is 35.1 Å². The third-order valence-electron chi connectivity index (χ3n) is 9.28. The fourth-order valence-corrected chi connectivity index (χ4v) is 7.55. The number of benzene rings is 2. The summed E-state index contributed by atoms with van der Waals surface area (Å²) in [6, 6.07) is 13.8. The van der Waals surface area contributed by atoms with Gasteiger partial charge in [-0.05, 0) is 47.6 Å². The lowest BCUT2D eigenvalue weighted by Crippen LogP contribution is -2.78. The van der Waals surface area contributed by atoms with E-state index >= 15 is 43.9 Å². The minimum Gasteiger partial charge on any atom is -0.342 e. The Morgan fingerprint density at radius 3 is 1.02 bits per heavy atom. The van der Waals surface area contributed by atoms with E-state index in [2.05, 4.69) is 28.4 Å². The highest BCUT2D eigenvalue weighted by Crippen LogP contribution is 2.68. The quantitative estimate of drug-likeness (QED) is 0.140. The summed E-state index contributed by atoms with van der Waals surface area (Å²) < 4.78 is 198. The van der Waals surface area contributed by atoms with E-state index < -0.39 is 68.2 Å². The van der Waals surface area contributed by atoms with Gasteiger partial charge in [-0.1, -0.05) is 84.6 Å². The number of rotatable bonds is 14. The smallest absolute Gasteiger partial charge is 0.335 e. The van der Waals surface area contributed by atoms with Crippen LogP contribution in [0.2, 0.25) is 0 Å². The second kappa shape index (κ2) is 14.5. The Bertz CT molecular complexity index is 1610. The number of halogens is 10.